The lowest BCUT2D eigenvalue weighted by atomic mass is 10.0. The highest BCUT2D eigenvalue weighted by atomic mass is 16.5. The number of aromatic nitrogens is 2. The van der Waals surface area contributed by atoms with Gasteiger partial charge < -0.3 is 29.7 Å². The molecule has 1 saturated heterocycles. The molecule has 1 aromatic heterocycles. The highest BCUT2D eigenvalue weighted by Crippen LogP contribution is 2.32. The van der Waals surface area contributed by atoms with Crippen molar-refractivity contribution in [2.24, 2.45) is 5.92 Å². The molecule has 6 rings (SSSR count). The molecule has 0 radical (unpaired) electrons. The second-order valence-electron chi connectivity index (χ2n) is 11.6. The molecule has 4 bridgehead atoms. The zero-order chi connectivity index (χ0) is 30.3. The largest absolute Gasteiger partial charge is 0.493 e. The highest BCUT2D eigenvalue weighted by Gasteiger charge is 2.33. The molecule has 2 fully saturated rings. The van der Waals surface area contributed by atoms with Crippen molar-refractivity contribution >= 4 is 17.7 Å². The smallest absolute Gasteiger partial charge is 0.251 e. The van der Waals surface area contributed by atoms with Crippen LogP contribution >= 0.6 is 0 Å². The lowest BCUT2D eigenvalue weighted by Gasteiger charge is -2.39. The summed E-state index contributed by atoms with van der Waals surface area (Å²) in [5.41, 5.74) is 2.05. The summed E-state index contributed by atoms with van der Waals surface area (Å²) in [6.07, 6.45) is 8.34. The number of likely N-dealkylation sites (tertiary alicyclic amines) is 1. The molecule has 2 N–H and O–H groups in total. The van der Waals surface area contributed by atoms with Crippen LogP contribution in [0.4, 0.5) is 0 Å². The lowest BCUT2D eigenvalue weighted by molar-refractivity contribution is -0.137. The number of amides is 3. The second kappa shape index (κ2) is 13.9. The number of hydrogen-bond donors (Lipinski definition) is 2. The van der Waals surface area contributed by atoms with Crippen LogP contribution in [0.25, 0.3) is 0 Å². The summed E-state index contributed by atoms with van der Waals surface area (Å²) in [5.74, 6) is 1.65. The average Bonchev–Trinajstić information content (AvgIpc) is 3.87. The molecule has 44 heavy (non-hydrogen) atoms. The molecule has 1 aliphatic carbocycles. The molecule has 3 amide bonds. The fourth-order valence-corrected chi connectivity index (χ4v) is 5.40. The lowest BCUT2D eigenvalue weighted by Crippen LogP contribution is -2.57. The molecule has 2 aromatic carbocycles. The van der Waals surface area contributed by atoms with Gasteiger partial charge in [-0.25, -0.2) is 0 Å². The standard InChI is InChI=1S/C33H37N5O6/c39-31-8-10-36-33(41)24-15-27(42-20-22-4-5-22)17-28(16-24)44-26-3-1-2-23(14-26)21-43-30-9-13-38(19-29(30)37-31)32(40)7-6-25-18-34-11-12-35-25/h1-3,11-12,14-18,22,29-30H,4-10,13,19-21H2,(H,36,41)(H,37,39)/t29-,30+/m0/s1. The third-order valence-corrected chi connectivity index (χ3v) is 8.02. The molecular weight excluding hydrogens is 562 g/mol. The van der Waals surface area contributed by atoms with E-state index in [1.807, 2.05) is 24.3 Å². The van der Waals surface area contributed by atoms with Crippen molar-refractivity contribution in [2.75, 3.05) is 26.2 Å². The monoisotopic (exact) mass is 599 g/mol. The first kappa shape index (κ1) is 29.6. The normalized spacial score (nSPS) is 20.8. The van der Waals surface area contributed by atoms with Gasteiger partial charge in [-0.2, -0.15) is 0 Å². The molecule has 11 nitrogen and oxygen atoms in total. The van der Waals surface area contributed by atoms with Gasteiger partial charge in [0.25, 0.3) is 5.91 Å². The van der Waals surface area contributed by atoms with E-state index in [1.54, 1.807) is 41.7 Å². The van der Waals surface area contributed by atoms with Crippen molar-refractivity contribution in [1.29, 1.82) is 0 Å². The molecule has 2 aliphatic heterocycles. The van der Waals surface area contributed by atoms with E-state index in [4.69, 9.17) is 14.2 Å². The second-order valence-corrected chi connectivity index (χ2v) is 11.6. The molecule has 2 atom stereocenters. The van der Waals surface area contributed by atoms with Crippen molar-refractivity contribution in [3.05, 3.63) is 77.9 Å². The summed E-state index contributed by atoms with van der Waals surface area (Å²) in [4.78, 5) is 49.3. The number of ether oxygens (including phenoxy) is 3. The number of rotatable bonds is 6. The predicted octanol–water partition coefficient (Wildman–Crippen LogP) is 3.43. The number of hydrogen-bond acceptors (Lipinski definition) is 8. The number of fused-ring (bicyclic) bond motifs is 5. The van der Waals surface area contributed by atoms with Gasteiger partial charge in [-0.15, -0.1) is 0 Å². The molecule has 0 unspecified atom stereocenters. The molecule has 3 aromatic rings. The fourth-order valence-electron chi connectivity index (χ4n) is 5.40. The van der Waals surface area contributed by atoms with E-state index in [0.29, 0.717) is 74.3 Å². The Morgan fingerprint density at radius 1 is 1.07 bits per heavy atom. The molecular formula is C33H37N5O6. The van der Waals surface area contributed by atoms with Crippen LogP contribution in [0.2, 0.25) is 0 Å². The van der Waals surface area contributed by atoms with Gasteiger partial charge in [0.1, 0.15) is 17.2 Å². The van der Waals surface area contributed by atoms with Gasteiger partial charge in [-0.1, -0.05) is 12.1 Å². The first-order valence-electron chi connectivity index (χ1n) is 15.2. The van der Waals surface area contributed by atoms with Crippen LogP contribution in [0.15, 0.2) is 61.1 Å². The van der Waals surface area contributed by atoms with Gasteiger partial charge in [0, 0.05) is 62.7 Å². The van der Waals surface area contributed by atoms with Crippen LogP contribution in [-0.4, -0.2) is 71.0 Å². The van der Waals surface area contributed by atoms with Gasteiger partial charge in [0.15, 0.2) is 0 Å². The minimum Gasteiger partial charge on any atom is -0.493 e. The van der Waals surface area contributed by atoms with Crippen LogP contribution in [0.1, 0.15) is 53.7 Å². The molecule has 230 valence electrons. The number of nitrogens with one attached hydrogen (secondary N) is 2. The van der Waals surface area contributed by atoms with Gasteiger partial charge in [0.2, 0.25) is 11.8 Å². The topological polar surface area (TPSA) is 132 Å². The first-order valence-corrected chi connectivity index (χ1v) is 15.2. The summed E-state index contributed by atoms with van der Waals surface area (Å²) in [6.45, 7) is 1.92. The van der Waals surface area contributed by atoms with Gasteiger partial charge in [0.05, 0.1) is 31.1 Å². The zero-order valence-electron chi connectivity index (χ0n) is 24.6. The Balaban J connectivity index is 1.16. The Kier molecular flexibility index (Phi) is 9.31. The maximum atomic E-state index is 13.1. The third-order valence-electron chi connectivity index (χ3n) is 8.02. The van der Waals surface area contributed by atoms with Gasteiger partial charge >= 0.3 is 0 Å². The Hall–Kier alpha value is -4.51. The number of nitrogens with zero attached hydrogens (tertiary/aromatic N) is 3. The summed E-state index contributed by atoms with van der Waals surface area (Å²) in [7, 11) is 0. The quantitative estimate of drug-likeness (QED) is 0.441. The number of aryl methyl sites for hydroxylation is 1. The predicted molar refractivity (Wildman–Crippen MR) is 160 cm³/mol. The van der Waals surface area contributed by atoms with Crippen molar-refractivity contribution < 1.29 is 28.6 Å². The van der Waals surface area contributed by atoms with E-state index in [-0.39, 0.29) is 36.8 Å². The SMILES string of the molecule is O=C1CCNC(=O)c2cc(OCC3CC3)cc(c2)Oc2cccc(c2)CO[C@@H]2CCN(C(=O)CCc3cnccn3)C[C@@H]2N1. The number of piperidine rings is 1. The molecule has 11 heteroatoms. The third kappa shape index (κ3) is 8.10. The van der Waals surface area contributed by atoms with E-state index in [1.165, 1.54) is 0 Å². The van der Waals surface area contributed by atoms with Crippen molar-refractivity contribution in [1.82, 2.24) is 25.5 Å². The minimum absolute atomic E-state index is 0.00825. The van der Waals surface area contributed by atoms with Crippen molar-refractivity contribution in [2.45, 2.75) is 57.3 Å². The summed E-state index contributed by atoms with van der Waals surface area (Å²) in [5, 5.41) is 5.90. The Labute approximate surface area is 256 Å². The Morgan fingerprint density at radius 3 is 2.82 bits per heavy atom. The maximum Gasteiger partial charge on any atom is 0.251 e. The summed E-state index contributed by atoms with van der Waals surface area (Å²) >= 11 is 0. The maximum absolute atomic E-state index is 13.1. The molecule has 3 aliphatic rings. The van der Waals surface area contributed by atoms with Crippen LogP contribution in [-0.2, 0) is 27.4 Å². The molecule has 3 heterocycles. The van der Waals surface area contributed by atoms with E-state index >= 15 is 0 Å². The van der Waals surface area contributed by atoms with Crippen LogP contribution in [0, 0.1) is 5.92 Å². The van der Waals surface area contributed by atoms with Gasteiger partial charge in [-0.05, 0) is 61.4 Å². The van der Waals surface area contributed by atoms with E-state index < -0.39 is 6.04 Å². The van der Waals surface area contributed by atoms with Crippen molar-refractivity contribution in [3.8, 4) is 17.2 Å². The van der Waals surface area contributed by atoms with E-state index in [2.05, 4.69) is 20.6 Å². The molecule has 1 saturated carbocycles. The Bertz CT molecular complexity index is 1480. The number of carbonyl (C=O) groups excluding carboxylic acids is 3. The zero-order valence-corrected chi connectivity index (χ0v) is 24.6. The highest BCUT2D eigenvalue weighted by molar-refractivity contribution is 5.95. The Morgan fingerprint density at radius 2 is 1.98 bits per heavy atom. The fraction of sp³-hybridized carbons (Fsp3) is 0.424. The summed E-state index contributed by atoms with van der Waals surface area (Å²) in [6, 6.07) is 12.4. The van der Waals surface area contributed by atoms with Crippen LogP contribution in [0.5, 0.6) is 17.2 Å². The number of carbonyl (C=O) groups is 3. The number of benzene rings is 2. The van der Waals surface area contributed by atoms with Gasteiger partial charge in [-0.3, -0.25) is 24.4 Å². The van der Waals surface area contributed by atoms with E-state index in [0.717, 1.165) is 24.1 Å². The van der Waals surface area contributed by atoms with Crippen LogP contribution < -0.4 is 20.1 Å². The van der Waals surface area contributed by atoms with E-state index in [9.17, 15) is 14.4 Å². The first-order chi connectivity index (χ1) is 21.5. The summed E-state index contributed by atoms with van der Waals surface area (Å²) < 4.78 is 18.5. The minimum atomic E-state index is -0.399. The average molecular weight is 600 g/mol. The van der Waals surface area contributed by atoms with Crippen LogP contribution in [0.3, 0.4) is 0 Å². The molecule has 0 spiro atoms. The van der Waals surface area contributed by atoms with Crippen molar-refractivity contribution in [3.63, 3.8) is 0 Å².